The molecule has 0 saturated carbocycles. The van der Waals surface area contributed by atoms with Gasteiger partial charge in [0.05, 0.1) is 0 Å². The first-order valence-electron chi connectivity index (χ1n) is 13.4. The third-order valence-corrected chi connectivity index (χ3v) is 7.70. The van der Waals surface area contributed by atoms with Crippen LogP contribution in [0.15, 0.2) is 95.3 Å². The molecule has 0 amide bonds. The van der Waals surface area contributed by atoms with E-state index in [-0.39, 0.29) is 0 Å². The molecule has 1 atom stereocenters. The van der Waals surface area contributed by atoms with E-state index in [4.69, 9.17) is 0 Å². The molecule has 4 bridgehead atoms. The van der Waals surface area contributed by atoms with E-state index in [1.807, 2.05) is 0 Å². The van der Waals surface area contributed by atoms with Crippen molar-refractivity contribution in [1.29, 1.82) is 0 Å². The van der Waals surface area contributed by atoms with Crippen LogP contribution in [0.4, 0.5) is 5.69 Å². The van der Waals surface area contributed by atoms with Crippen LogP contribution >= 0.6 is 0 Å². The van der Waals surface area contributed by atoms with Gasteiger partial charge in [0, 0.05) is 42.1 Å². The largest absolute Gasteiger partial charge is 0.365 e. The summed E-state index contributed by atoms with van der Waals surface area (Å²) >= 11 is 0. The van der Waals surface area contributed by atoms with E-state index in [9.17, 15) is 0 Å². The molecular formula is C33H40N2. The number of benzene rings is 2. The van der Waals surface area contributed by atoms with Gasteiger partial charge in [0.25, 0.3) is 0 Å². The summed E-state index contributed by atoms with van der Waals surface area (Å²) in [6, 6.07) is 19.0. The predicted octanol–water partition coefficient (Wildman–Crippen LogP) is 8.29. The lowest BCUT2D eigenvalue weighted by Gasteiger charge is -2.37. The lowest BCUT2D eigenvalue weighted by molar-refractivity contribution is 0.279. The van der Waals surface area contributed by atoms with Crippen molar-refractivity contribution < 1.29 is 0 Å². The van der Waals surface area contributed by atoms with Crippen LogP contribution in [0, 0.1) is 5.92 Å². The fraction of sp³-hybridized carbons (Fsp3) is 0.394. The monoisotopic (exact) mass is 464 g/mol. The van der Waals surface area contributed by atoms with Crippen LogP contribution in [-0.2, 0) is 6.54 Å². The molecular weight excluding hydrogens is 424 g/mol. The van der Waals surface area contributed by atoms with Crippen molar-refractivity contribution in [3.05, 3.63) is 101 Å². The standard InChI is InChI=1S/C33H40N2/c1-23(2)34-21-27-11-9-13-29(20-27)31-18-25(5)16-17-33(31)35(24(3)4)22-26-10-8-12-28(19-26)30-14-6-7-15-32(30)34/h6-8,10-12,14-17,19-20,23-25H,9,13,18,21-22H2,1-5H3. The number of nitrogens with zero attached hydrogens (tertiary/aromatic N) is 2. The van der Waals surface area contributed by atoms with Crippen LogP contribution in [0.1, 0.15) is 59.4 Å². The molecule has 1 aliphatic heterocycles. The Labute approximate surface area is 212 Å². The SMILES string of the molecule is CC1C=CC2=C(C1)C1=CC(=CCC1)CN(C(C)C)c1ccccc1-c1cccc(c1)CN2C(C)C. The summed E-state index contributed by atoms with van der Waals surface area (Å²) in [6.07, 6.45) is 13.2. The molecule has 0 saturated heterocycles. The van der Waals surface area contributed by atoms with Gasteiger partial charge in [-0.05, 0) is 98.9 Å². The lowest BCUT2D eigenvalue weighted by Crippen LogP contribution is -2.33. The van der Waals surface area contributed by atoms with Gasteiger partial charge in [-0.3, -0.25) is 0 Å². The first-order chi connectivity index (χ1) is 16.9. The maximum Gasteiger partial charge on any atom is 0.0451 e. The molecule has 3 aliphatic rings. The van der Waals surface area contributed by atoms with Gasteiger partial charge in [-0.1, -0.05) is 61.5 Å². The maximum atomic E-state index is 2.62. The Morgan fingerprint density at radius 3 is 2.49 bits per heavy atom. The summed E-state index contributed by atoms with van der Waals surface area (Å²) in [4.78, 5) is 5.20. The molecule has 2 aliphatic carbocycles. The third-order valence-electron chi connectivity index (χ3n) is 7.70. The predicted molar refractivity (Wildman–Crippen MR) is 150 cm³/mol. The minimum atomic E-state index is 0.413. The van der Waals surface area contributed by atoms with Crippen LogP contribution in [0.2, 0.25) is 0 Å². The van der Waals surface area contributed by atoms with Crippen molar-refractivity contribution in [2.75, 3.05) is 11.4 Å². The average Bonchev–Trinajstić information content (AvgIpc) is 2.86. The molecule has 0 aromatic heterocycles. The molecule has 2 heteroatoms. The zero-order valence-electron chi connectivity index (χ0n) is 22.1. The van der Waals surface area contributed by atoms with Crippen molar-refractivity contribution >= 4 is 5.69 Å². The van der Waals surface area contributed by atoms with Crippen molar-refractivity contribution in [3.8, 4) is 11.1 Å². The first kappa shape index (κ1) is 23.7. The summed E-state index contributed by atoms with van der Waals surface area (Å²) in [7, 11) is 0. The normalized spacial score (nSPS) is 20.4. The second kappa shape index (κ2) is 9.93. The fourth-order valence-electron chi connectivity index (χ4n) is 5.82. The lowest BCUT2D eigenvalue weighted by atomic mass is 9.83. The minimum Gasteiger partial charge on any atom is -0.365 e. The van der Waals surface area contributed by atoms with Crippen molar-refractivity contribution in [1.82, 2.24) is 4.90 Å². The van der Waals surface area contributed by atoms with E-state index in [2.05, 4.69) is 117 Å². The summed E-state index contributed by atoms with van der Waals surface area (Å²) < 4.78 is 0. The number of rotatable bonds is 2. The van der Waals surface area contributed by atoms with Crippen LogP contribution in [-0.4, -0.2) is 23.5 Å². The second-order valence-corrected chi connectivity index (χ2v) is 11.1. The molecule has 1 heterocycles. The topological polar surface area (TPSA) is 6.48 Å². The first-order valence-corrected chi connectivity index (χ1v) is 13.4. The molecule has 0 fully saturated rings. The Bertz CT molecular complexity index is 1210. The number of allylic oxidation sites excluding steroid dienone is 5. The van der Waals surface area contributed by atoms with Crippen molar-refractivity contribution in [2.45, 2.75) is 72.5 Å². The zero-order valence-corrected chi connectivity index (χ0v) is 22.1. The third kappa shape index (κ3) is 4.89. The van der Waals surface area contributed by atoms with Gasteiger partial charge in [0.2, 0.25) is 0 Å². The highest BCUT2D eigenvalue weighted by atomic mass is 15.2. The Kier molecular flexibility index (Phi) is 6.73. The number of hydrogen-bond donors (Lipinski definition) is 0. The minimum absolute atomic E-state index is 0.413. The van der Waals surface area contributed by atoms with Crippen LogP contribution in [0.5, 0.6) is 0 Å². The van der Waals surface area contributed by atoms with Gasteiger partial charge in [0.1, 0.15) is 0 Å². The Hall–Kier alpha value is -3.00. The molecule has 5 rings (SSSR count). The Morgan fingerprint density at radius 1 is 0.886 bits per heavy atom. The smallest absolute Gasteiger partial charge is 0.0451 e. The molecule has 2 aromatic carbocycles. The molecule has 182 valence electrons. The molecule has 0 spiro atoms. The highest BCUT2D eigenvalue weighted by molar-refractivity contribution is 5.79. The quantitative estimate of drug-likeness (QED) is 0.441. The van der Waals surface area contributed by atoms with E-state index < -0.39 is 0 Å². The van der Waals surface area contributed by atoms with Gasteiger partial charge in [-0.15, -0.1) is 0 Å². The Balaban J connectivity index is 1.72. The van der Waals surface area contributed by atoms with Gasteiger partial charge < -0.3 is 9.80 Å². The van der Waals surface area contributed by atoms with Crippen molar-refractivity contribution in [2.24, 2.45) is 5.92 Å². The van der Waals surface area contributed by atoms with E-state index >= 15 is 0 Å². The highest BCUT2D eigenvalue weighted by Crippen LogP contribution is 2.39. The molecule has 0 N–H and O–H groups in total. The molecule has 2 aromatic rings. The maximum absolute atomic E-state index is 2.62. The molecule has 2 nitrogen and oxygen atoms in total. The van der Waals surface area contributed by atoms with Gasteiger partial charge in [0.15, 0.2) is 0 Å². The average molecular weight is 465 g/mol. The van der Waals surface area contributed by atoms with Gasteiger partial charge >= 0.3 is 0 Å². The van der Waals surface area contributed by atoms with E-state index in [1.165, 1.54) is 33.6 Å². The number of para-hydroxylation sites is 1. The van der Waals surface area contributed by atoms with Crippen LogP contribution < -0.4 is 4.90 Å². The summed E-state index contributed by atoms with van der Waals surface area (Å²) in [6.45, 7) is 13.5. The van der Waals surface area contributed by atoms with Gasteiger partial charge in [-0.25, -0.2) is 0 Å². The molecule has 35 heavy (non-hydrogen) atoms. The molecule has 1 unspecified atom stereocenters. The van der Waals surface area contributed by atoms with E-state index in [0.717, 1.165) is 32.4 Å². The van der Waals surface area contributed by atoms with E-state index in [0.29, 0.717) is 18.0 Å². The summed E-state index contributed by atoms with van der Waals surface area (Å²) in [5.41, 5.74) is 11.3. The van der Waals surface area contributed by atoms with Crippen LogP contribution in [0.25, 0.3) is 11.1 Å². The van der Waals surface area contributed by atoms with Crippen molar-refractivity contribution in [3.63, 3.8) is 0 Å². The highest BCUT2D eigenvalue weighted by Gasteiger charge is 2.25. The zero-order chi connectivity index (χ0) is 24.5. The number of fused-ring (bicyclic) bond motifs is 6. The number of hydrogen-bond acceptors (Lipinski definition) is 2. The van der Waals surface area contributed by atoms with Crippen LogP contribution in [0.3, 0.4) is 0 Å². The van der Waals surface area contributed by atoms with E-state index in [1.54, 1.807) is 11.1 Å². The number of anilines is 1. The Morgan fingerprint density at radius 2 is 1.69 bits per heavy atom. The fourth-order valence-corrected chi connectivity index (χ4v) is 5.82. The molecule has 0 radical (unpaired) electrons. The summed E-state index contributed by atoms with van der Waals surface area (Å²) in [5.74, 6) is 0.583. The second-order valence-electron chi connectivity index (χ2n) is 11.1. The van der Waals surface area contributed by atoms with Gasteiger partial charge in [-0.2, -0.15) is 0 Å². The summed E-state index contributed by atoms with van der Waals surface area (Å²) in [5, 5.41) is 0.